The first kappa shape index (κ1) is 15.6. The number of nitrogens with zero attached hydrogens (tertiary/aromatic N) is 1. The fraction of sp³-hybridized carbons (Fsp3) is 0.467. The summed E-state index contributed by atoms with van der Waals surface area (Å²) in [5, 5.41) is 0.248. The van der Waals surface area contributed by atoms with Crippen LogP contribution in [0.3, 0.4) is 0 Å². The summed E-state index contributed by atoms with van der Waals surface area (Å²) in [6.07, 6.45) is 2.07. The van der Waals surface area contributed by atoms with Gasteiger partial charge < -0.3 is 14.4 Å². The third-order valence-corrected chi connectivity index (χ3v) is 3.73. The van der Waals surface area contributed by atoms with Crippen LogP contribution in [0.1, 0.15) is 30.1 Å². The summed E-state index contributed by atoms with van der Waals surface area (Å²) in [4.78, 5) is 24.9. The second-order valence-corrected chi connectivity index (χ2v) is 5.35. The first-order chi connectivity index (χ1) is 10.1. The van der Waals surface area contributed by atoms with Gasteiger partial charge in [-0.15, -0.1) is 0 Å². The highest BCUT2D eigenvalue weighted by atomic mass is 35.5. The van der Waals surface area contributed by atoms with Crippen LogP contribution in [0.25, 0.3) is 0 Å². The fourth-order valence-corrected chi connectivity index (χ4v) is 2.61. The number of aldehydes is 1. The van der Waals surface area contributed by atoms with Crippen LogP contribution in [0.2, 0.25) is 5.02 Å². The van der Waals surface area contributed by atoms with E-state index in [-0.39, 0.29) is 16.7 Å². The van der Waals surface area contributed by atoms with Crippen LogP contribution < -0.4 is 9.47 Å². The minimum absolute atomic E-state index is 0.0647. The molecule has 1 aromatic carbocycles. The van der Waals surface area contributed by atoms with Gasteiger partial charge in [0, 0.05) is 18.7 Å². The van der Waals surface area contributed by atoms with E-state index in [0.29, 0.717) is 17.6 Å². The topological polar surface area (TPSA) is 55.8 Å². The minimum atomic E-state index is -0.656. The zero-order chi connectivity index (χ0) is 15.4. The molecule has 6 heteroatoms. The summed E-state index contributed by atoms with van der Waals surface area (Å²) in [6, 6.07) is 3.01. The number of methoxy groups -OCH3 is 1. The molecule has 0 bridgehead atoms. The summed E-state index contributed by atoms with van der Waals surface area (Å²) < 4.78 is 10.9. The lowest BCUT2D eigenvalue weighted by Crippen LogP contribution is -2.38. The van der Waals surface area contributed by atoms with Gasteiger partial charge >= 0.3 is 0 Å². The van der Waals surface area contributed by atoms with Crippen LogP contribution in [0.4, 0.5) is 0 Å². The van der Waals surface area contributed by atoms with Crippen LogP contribution in [0, 0.1) is 0 Å². The molecule has 0 aromatic heterocycles. The molecule has 1 fully saturated rings. The molecule has 1 atom stereocenters. The van der Waals surface area contributed by atoms with E-state index in [9.17, 15) is 9.59 Å². The molecular weight excluding hydrogens is 294 g/mol. The molecule has 2 rings (SSSR count). The predicted molar refractivity (Wildman–Crippen MR) is 79.3 cm³/mol. The summed E-state index contributed by atoms with van der Waals surface area (Å²) in [5.74, 6) is 0.556. The van der Waals surface area contributed by atoms with E-state index in [2.05, 4.69) is 0 Å². The lowest BCUT2D eigenvalue weighted by atomic mass is 10.2. The van der Waals surface area contributed by atoms with Gasteiger partial charge in [0.1, 0.15) is 6.29 Å². The molecule has 1 aliphatic heterocycles. The Bertz CT molecular complexity index is 541. The second kappa shape index (κ2) is 6.80. The number of rotatable bonds is 5. The monoisotopic (exact) mass is 311 g/mol. The van der Waals surface area contributed by atoms with Gasteiger partial charge in [-0.1, -0.05) is 11.6 Å². The number of carbonyl (C=O) groups excluding carboxylic acids is 2. The highest BCUT2D eigenvalue weighted by Gasteiger charge is 2.26. The van der Waals surface area contributed by atoms with Crippen LogP contribution in [-0.4, -0.2) is 43.4 Å². The molecule has 1 amide bonds. The van der Waals surface area contributed by atoms with Gasteiger partial charge in [0.15, 0.2) is 17.6 Å². The molecule has 1 unspecified atom stereocenters. The van der Waals surface area contributed by atoms with Gasteiger partial charge in [-0.3, -0.25) is 9.59 Å². The van der Waals surface area contributed by atoms with Crippen molar-refractivity contribution >= 4 is 23.8 Å². The Balaban J connectivity index is 2.18. The second-order valence-electron chi connectivity index (χ2n) is 4.94. The lowest BCUT2D eigenvalue weighted by molar-refractivity contribution is -0.136. The maximum Gasteiger partial charge on any atom is 0.263 e. The van der Waals surface area contributed by atoms with Crippen molar-refractivity contribution in [3.63, 3.8) is 0 Å². The normalized spacial score (nSPS) is 15.7. The molecule has 0 radical (unpaired) electrons. The number of carbonyl (C=O) groups is 2. The first-order valence-electron chi connectivity index (χ1n) is 6.85. The summed E-state index contributed by atoms with van der Waals surface area (Å²) in [6.45, 7) is 3.22. The van der Waals surface area contributed by atoms with E-state index in [1.54, 1.807) is 11.8 Å². The number of likely N-dealkylation sites (tertiary alicyclic amines) is 1. The Morgan fingerprint density at radius 3 is 2.62 bits per heavy atom. The third kappa shape index (κ3) is 3.47. The van der Waals surface area contributed by atoms with E-state index in [4.69, 9.17) is 21.1 Å². The Kier molecular flexibility index (Phi) is 5.07. The number of hydrogen-bond acceptors (Lipinski definition) is 4. The molecule has 0 N–H and O–H groups in total. The van der Waals surface area contributed by atoms with E-state index in [0.717, 1.165) is 25.9 Å². The van der Waals surface area contributed by atoms with Crippen molar-refractivity contribution < 1.29 is 19.1 Å². The van der Waals surface area contributed by atoms with Crippen molar-refractivity contribution in [2.75, 3.05) is 20.2 Å². The van der Waals surface area contributed by atoms with Crippen molar-refractivity contribution in [1.82, 2.24) is 4.90 Å². The molecule has 114 valence electrons. The molecule has 0 saturated carbocycles. The largest absolute Gasteiger partial charge is 0.493 e. The van der Waals surface area contributed by atoms with Crippen molar-refractivity contribution in [1.29, 1.82) is 0 Å². The summed E-state index contributed by atoms with van der Waals surface area (Å²) in [7, 11) is 1.46. The lowest BCUT2D eigenvalue weighted by Gasteiger charge is -2.22. The van der Waals surface area contributed by atoms with Crippen LogP contribution in [0.5, 0.6) is 11.5 Å². The average Bonchev–Trinajstić information content (AvgIpc) is 3.02. The molecule has 0 aliphatic carbocycles. The summed E-state index contributed by atoms with van der Waals surface area (Å²) in [5.41, 5.74) is 0.391. The molecule has 0 spiro atoms. The zero-order valence-electron chi connectivity index (χ0n) is 12.1. The molecular formula is C15H18ClNO4. The number of halogens is 1. The number of ether oxygens (including phenoxy) is 2. The van der Waals surface area contributed by atoms with Crippen molar-refractivity contribution in [2.24, 2.45) is 0 Å². The Morgan fingerprint density at radius 2 is 2.05 bits per heavy atom. The summed E-state index contributed by atoms with van der Waals surface area (Å²) >= 11 is 6.11. The van der Waals surface area contributed by atoms with Crippen LogP contribution >= 0.6 is 11.6 Å². The van der Waals surface area contributed by atoms with Gasteiger partial charge in [0.25, 0.3) is 5.91 Å². The van der Waals surface area contributed by atoms with E-state index in [1.807, 2.05) is 0 Å². The van der Waals surface area contributed by atoms with Crippen LogP contribution in [-0.2, 0) is 4.79 Å². The first-order valence-corrected chi connectivity index (χ1v) is 7.22. The van der Waals surface area contributed by atoms with Gasteiger partial charge in [-0.25, -0.2) is 0 Å². The minimum Gasteiger partial charge on any atom is -0.493 e. The number of benzene rings is 1. The van der Waals surface area contributed by atoms with E-state index in [1.165, 1.54) is 19.2 Å². The van der Waals surface area contributed by atoms with Gasteiger partial charge in [0.2, 0.25) is 0 Å². The Morgan fingerprint density at radius 1 is 1.38 bits per heavy atom. The molecule has 21 heavy (non-hydrogen) atoms. The van der Waals surface area contributed by atoms with Crippen molar-refractivity contribution in [3.8, 4) is 11.5 Å². The Hall–Kier alpha value is -1.75. The smallest absolute Gasteiger partial charge is 0.263 e. The highest BCUT2D eigenvalue weighted by molar-refractivity contribution is 6.32. The maximum absolute atomic E-state index is 12.2. The Labute approximate surface area is 128 Å². The third-order valence-electron chi connectivity index (χ3n) is 3.45. The predicted octanol–water partition coefficient (Wildman–Crippen LogP) is 2.55. The quantitative estimate of drug-likeness (QED) is 0.784. The maximum atomic E-state index is 12.2. The van der Waals surface area contributed by atoms with Gasteiger partial charge in [0.05, 0.1) is 12.1 Å². The van der Waals surface area contributed by atoms with E-state index >= 15 is 0 Å². The van der Waals surface area contributed by atoms with Gasteiger partial charge in [-0.05, 0) is 31.9 Å². The average molecular weight is 312 g/mol. The van der Waals surface area contributed by atoms with Gasteiger partial charge in [-0.2, -0.15) is 0 Å². The highest BCUT2D eigenvalue weighted by Crippen LogP contribution is 2.37. The van der Waals surface area contributed by atoms with E-state index < -0.39 is 6.10 Å². The number of amides is 1. The molecule has 1 saturated heterocycles. The number of hydrogen-bond donors (Lipinski definition) is 0. The molecule has 1 heterocycles. The molecule has 1 aliphatic rings. The fourth-order valence-electron chi connectivity index (χ4n) is 2.34. The van der Waals surface area contributed by atoms with Crippen LogP contribution in [0.15, 0.2) is 12.1 Å². The van der Waals surface area contributed by atoms with Crippen molar-refractivity contribution in [2.45, 2.75) is 25.9 Å². The van der Waals surface area contributed by atoms with Crippen molar-refractivity contribution in [3.05, 3.63) is 22.7 Å². The molecule has 1 aromatic rings. The SMILES string of the molecule is COc1cc(C=O)cc(Cl)c1OC(C)C(=O)N1CCCC1. The standard InChI is InChI=1S/C15H18ClNO4/c1-10(15(19)17-5-3-4-6-17)21-14-12(16)7-11(9-18)8-13(14)20-2/h7-10H,3-6H2,1-2H3. The molecule has 5 nitrogen and oxygen atoms in total. The zero-order valence-corrected chi connectivity index (χ0v) is 12.9.